The zero-order valence-electron chi connectivity index (χ0n) is 9.88. The third kappa shape index (κ3) is 3.65. The minimum Gasteiger partial charge on any atom is -0.398 e. The summed E-state index contributed by atoms with van der Waals surface area (Å²) in [6, 6.07) is 4.18. The molecule has 0 heterocycles. The third-order valence-electron chi connectivity index (χ3n) is 2.52. The maximum atomic E-state index is 12.1. The molecule has 0 aliphatic carbocycles. The lowest BCUT2D eigenvalue weighted by Gasteiger charge is -2.28. The Kier molecular flexibility index (Phi) is 5.30. The number of aliphatic hydroxyl groups excluding tert-OH is 3. The lowest BCUT2D eigenvalue weighted by molar-refractivity contribution is 0.0582. The van der Waals surface area contributed by atoms with Crippen LogP contribution < -0.4 is 10.5 Å². The number of rotatable bonds is 6. The van der Waals surface area contributed by atoms with Crippen molar-refractivity contribution in [3.8, 4) is 0 Å². The number of anilines is 1. The Labute approximate surface area is 119 Å². The molecule has 0 saturated carbocycles. The van der Waals surface area contributed by atoms with Gasteiger partial charge in [0, 0.05) is 4.47 Å². The maximum Gasteiger partial charge on any atom is 0.243 e. The minimum absolute atomic E-state index is 0.00425. The Balaban J connectivity index is 3.17. The Morgan fingerprint density at radius 2 is 1.74 bits per heavy atom. The van der Waals surface area contributed by atoms with Gasteiger partial charge in [-0.25, -0.2) is 8.42 Å². The highest BCUT2D eigenvalue weighted by Crippen LogP contribution is 2.23. The molecule has 1 aromatic carbocycles. The summed E-state index contributed by atoms with van der Waals surface area (Å²) in [6.45, 7) is -2.26. The van der Waals surface area contributed by atoms with Gasteiger partial charge in [-0.05, 0) is 18.2 Å². The first-order valence-electron chi connectivity index (χ1n) is 5.22. The van der Waals surface area contributed by atoms with Crippen LogP contribution in [0.25, 0.3) is 0 Å². The molecule has 0 amide bonds. The second-order valence-electron chi connectivity index (χ2n) is 4.04. The van der Waals surface area contributed by atoms with Crippen LogP contribution in [0.1, 0.15) is 0 Å². The molecule has 9 heteroatoms. The summed E-state index contributed by atoms with van der Waals surface area (Å²) < 4.78 is 26.9. The molecular formula is C10H15BrN2O5S. The van der Waals surface area contributed by atoms with Crippen molar-refractivity contribution in [3.63, 3.8) is 0 Å². The molecule has 19 heavy (non-hydrogen) atoms. The number of benzene rings is 1. The van der Waals surface area contributed by atoms with E-state index >= 15 is 0 Å². The van der Waals surface area contributed by atoms with Crippen LogP contribution in [0.15, 0.2) is 27.6 Å². The van der Waals surface area contributed by atoms with Gasteiger partial charge in [0.1, 0.15) is 10.4 Å². The summed E-state index contributed by atoms with van der Waals surface area (Å²) in [5.74, 6) is 0. The molecular weight excluding hydrogens is 340 g/mol. The number of hydrogen-bond acceptors (Lipinski definition) is 6. The van der Waals surface area contributed by atoms with Gasteiger partial charge in [-0.15, -0.1) is 0 Å². The highest BCUT2D eigenvalue weighted by molar-refractivity contribution is 9.10. The van der Waals surface area contributed by atoms with E-state index in [0.29, 0.717) is 4.47 Å². The number of nitrogen functional groups attached to an aromatic ring is 1. The topological polar surface area (TPSA) is 133 Å². The SMILES string of the molecule is Nc1cc(Br)ccc1S(=O)(=O)NC(CO)(CO)CO. The van der Waals surface area contributed by atoms with Gasteiger partial charge >= 0.3 is 0 Å². The van der Waals surface area contributed by atoms with Gasteiger partial charge in [-0.3, -0.25) is 0 Å². The molecule has 0 unspecified atom stereocenters. The second-order valence-corrected chi connectivity index (χ2v) is 6.61. The van der Waals surface area contributed by atoms with E-state index in [1.165, 1.54) is 18.2 Å². The molecule has 0 fully saturated rings. The van der Waals surface area contributed by atoms with Crippen LogP contribution in [0.4, 0.5) is 5.69 Å². The molecule has 0 spiro atoms. The van der Waals surface area contributed by atoms with Gasteiger partial charge in [0.15, 0.2) is 0 Å². The fourth-order valence-corrected chi connectivity index (χ4v) is 3.22. The zero-order valence-corrected chi connectivity index (χ0v) is 12.3. The molecule has 0 aliphatic rings. The van der Waals surface area contributed by atoms with Crippen LogP contribution in [0, 0.1) is 0 Å². The van der Waals surface area contributed by atoms with Crippen LogP contribution in [0.3, 0.4) is 0 Å². The van der Waals surface area contributed by atoms with Crippen LogP contribution >= 0.6 is 15.9 Å². The number of hydrogen-bond donors (Lipinski definition) is 5. The van der Waals surface area contributed by atoms with E-state index in [2.05, 4.69) is 20.7 Å². The fraction of sp³-hybridized carbons (Fsp3) is 0.400. The van der Waals surface area contributed by atoms with E-state index in [-0.39, 0.29) is 10.6 Å². The molecule has 0 radical (unpaired) electrons. The molecule has 0 aromatic heterocycles. The first-order valence-corrected chi connectivity index (χ1v) is 7.49. The molecule has 0 bridgehead atoms. The predicted molar refractivity (Wildman–Crippen MR) is 72.9 cm³/mol. The van der Waals surface area contributed by atoms with Crippen LogP contribution in [-0.4, -0.2) is 49.1 Å². The number of nitrogens with two attached hydrogens (primary N) is 1. The van der Waals surface area contributed by atoms with E-state index in [0.717, 1.165) is 0 Å². The molecule has 108 valence electrons. The van der Waals surface area contributed by atoms with E-state index < -0.39 is 35.4 Å². The normalized spacial score (nSPS) is 12.6. The van der Waals surface area contributed by atoms with Gasteiger partial charge in [0.05, 0.1) is 25.5 Å². The average molecular weight is 355 g/mol. The zero-order chi connectivity index (χ0) is 14.7. The van der Waals surface area contributed by atoms with Crippen LogP contribution in [-0.2, 0) is 10.0 Å². The lowest BCUT2D eigenvalue weighted by atomic mass is 10.1. The first-order chi connectivity index (χ1) is 8.80. The van der Waals surface area contributed by atoms with Gasteiger partial charge in [0.2, 0.25) is 10.0 Å². The molecule has 0 atom stereocenters. The Bertz CT molecular complexity index is 537. The minimum atomic E-state index is -4.08. The molecule has 0 saturated heterocycles. The van der Waals surface area contributed by atoms with Gasteiger partial charge in [0.25, 0.3) is 0 Å². The Morgan fingerprint density at radius 3 is 2.16 bits per heavy atom. The van der Waals surface area contributed by atoms with E-state index in [4.69, 9.17) is 21.1 Å². The van der Waals surface area contributed by atoms with E-state index in [9.17, 15) is 8.42 Å². The first kappa shape index (κ1) is 16.3. The van der Waals surface area contributed by atoms with Crippen molar-refractivity contribution in [3.05, 3.63) is 22.7 Å². The van der Waals surface area contributed by atoms with E-state index in [1.54, 1.807) is 0 Å². The summed E-state index contributed by atoms with van der Waals surface area (Å²) in [5, 5.41) is 27.3. The van der Waals surface area contributed by atoms with Crippen molar-refractivity contribution < 1.29 is 23.7 Å². The highest BCUT2D eigenvalue weighted by Gasteiger charge is 2.34. The number of sulfonamides is 1. The number of aliphatic hydroxyl groups is 3. The summed E-state index contributed by atoms with van der Waals surface area (Å²) in [6.07, 6.45) is 0. The van der Waals surface area contributed by atoms with E-state index in [1.807, 2.05) is 0 Å². The largest absolute Gasteiger partial charge is 0.398 e. The molecule has 6 N–H and O–H groups in total. The van der Waals surface area contributed by atoms with Crippen molar-refractivity contribution in [1.82, 2.24) is 4.72 Å². The third-order valence-corrected chi connectivity index (χ3v) is 4.67. The van der Waals surface area contributed by atoms with Gasteiger partial charge < -0.3 is 21.1 Å². The lowest BCUT2D eigenvalue weighted by Crippen LogP contribution is -2.56. The number of nitrogens with one attached hydrogen (secondary N) is 1. The average Bonchev–Trinajstić information content (AvgIpc) is 2.35. The van der Waals surface area contributed by atoms with Crippen molar-refractivity contribution in [2.75, 3.05) is 25.6 Å². The van der Waals surface area contributed by atoms with Gasteiger partial charge in [-0.2, -0.15) is 4.72 Å². The van der Waals surface area contributed by atoms with Crippen molar-refractivity contribution in [2.24, 2.45) is 0 Å². The smallest absolute Gasteiger partial charge is 0.243 e. The molecule has 7 nitrogen and oxygen atoms in total. The van der Waals surface area contributed by atoms with Crippen LogP contribution in [0.5, 0.6) is 0 Å². The fourth-order valence-electron chi connectivity index (χ4n) is 1.35. The second kappa shape index (κ2) is 6.16. The predicted octanol–water partition coefficient (Wildman–Crippen LogP) is -0.975. The summed E-state index contributed by atoms with van der Waals surface area (Å²) in [7, 11) is -4.08. The molecule has 0 aliphatic heterocycles. The Hall–Kier alpha value is -0.710. The maximum absolute atomic E-state index is 12.1. The van der Waals surface area contributed by atoms with Crippen molar-refractivity contribution >= 4 is 31.6 Å². The highest BCUT2D eigenvalue weighted by atomic mass is 79.9. The Morgan fingerprint density at radius 1 is 1.21 bits per heavy atom. The quantitative estimate of drug-likeness (QED) is 0.417. The van der Waals surface area contributed by atoms with Crippen molar-refractivity contribution in [1.29, 1.82) is 0 Å². The monoisotopic (exact) mass is 354 g/mol. The summed E-state index contributed by atoms with van der Waals surface area (Å²) >= 11 is 3.15. The summed E-state index contributed by atoms with van der Waals surface area (Å²) in [4.78, 5) is -0.199. The standard InChI is InChI=1S/C10H15BrN2O5S/c11-7-1-2-9(8(12)3-7)19(17,18)13-10(4-14,5-15)6-16/h1-3,13-16H,4-6,12H2. The van der Waals surface area contributed by atoms with Crippen LogP contribution in [0.2, 0.25) is 0 Å². The number of halogens is 1. The molecule has 1 aromatic rings. The van der Waals surface area contributed by atoms with Gasteiger partial charge in [-0.1, -0.05) is 15.9 Å². The van der Waals surface area contributed by atoms with Crippen molar-refractivity contribution in [2.45, 2.75) is 10.4 Å². The summed E-state index contributed by atoms with van der Waals surface area (Å²) in [5.41, 5.74) is 3.88. The molecule has 1 rings (SSSR count).